The zero-order valence-corrected chi connectivity index (χ0v) is 11.8. The average molecular weight is 246 g/mol. The Morgan fingerprint density at radius 3 is 2.28 bits per heavy atom. The lowest BCUT2D eigenvalue weighted by atomic mass is 9.49. The number of pyridine rings is 1. The fraction of sp³-hybridized carbons (Fsp3) is 0.688. The first-order valence-electron chi connectivity index (χ1n) is 7.32. The van der Waals surface area contributed by atoms with Gasteiger partial charge in [0.25, 0.3) is 0 Å². The van der Waals surface area contributed by atoms with Gasteiger partial charge in [-0.05, 0) is 43.2 Å². The topological polar surface area (TPSA) is 38.9 Å². The molecule has 1 aromatic heterocycles. The van der Waals surface area contributed by atoms with Gasteiger partial charge < -0.3 is 5.73 Å². The van der Waals surface area contributed by atoms with Gasteiger partial charge in [0.1, 0.15) is 0 Å². The molecule has 0 radical (unpaired) electrons. The second-order valence-corrected chi connectivity index (χ2v) is 6.05. The lowest BCUT2D eigenvalue weighted by Crippen LogP contribution is -2.54. The van der Waals surface area contributed by atoms with Crippen molar-refractivity contribution >= 4 is 0 Å². The average Bonchev–Trinajstić information content (AvgIpc) is 2.36. The third-order valence-corrected chi connectivity index (χ3v) is 4.59. The van der Waals surface area contributed by atoms with Crippen molar-refractivity contribution in [1.29, 1.82) is 0 Å². The molecule has 0 aliphatic heterocycles. The molecule has 0 unspecified atom stereocenters. The molecule has 1 heterocycles. The Labute approximate surface area is 111 Å². The van der Waals surface area contributed by atoms with Gasteiger partial charge in [-0.2, -0.15) is 0 Å². The Morgan fingerprint density at radius 2 is 1.83 bits per heavy atom. The summed E-state index contributed by atoms with van der Waals surface area (Å²) in [6.45, 7) is 5.32. The second-order valence-electron chi connectivity index (χ2n) is 6.05. The Hall–Kier alpha value is -0.890. The highest BCUT2D eigenvalue weighted by Crippen LogP contribution is 2.59. The monoisotopic (exact) mass is 246 g/mol. The maximum Gasteiger partial charge on any atom is 0.0478 e. The van der Waals surface area contributed by atoms with Crippen LogP contribution in [0.15, 0.2) is 24.4 Å². The molecule has 1 fully saturated rings. The quantitative estimate of drug-likeness (QED) is 0.832. The van der Waals surface area contributed by atoms with Gasteiger partial charge >= 0.3 is 0 Å². The number of aromatic nitrogens is 1. The zero-order valence-electron chi connectivity index (χ0n) is 11.8. The Kier molecular flexibility index (Phi) is 4.06. The van der Waals surface area contributed by atoms with E-state index in [0.29, 0.717) is 5.41 Å². The molecule has 1 aromatic rings. The van der Waals surface area contributed by atoms with Crippen LogP contribution in [-0.2, 0) is 5.41 Å². The van der Waals surface area contributed by atoms with Gasteiger partial charge in [-0.15, -0.1) is 0 Å². The molecular weight excluding hydrogens is 220 g/mol. The van der Waals surface area contributed by atoms with Crippen LogP contribution in [0.4, 0.5) is 0 Å². The van der Waals surface area contributed by atoms with Crippen molar-refractivity contribution in [1.82, 2.24) is 4.98 Å². The number of rotatable bonds is 6. The third kappa shape index (κ3) is 2.31. The molecule has 2 rings (SSSR count). The minimum atomic E-state index is 0.158. The van der Waals surface area contributed by atoms with E-state index in [1.165, 1.54) is 44.2 Å². The van der Waals surface area contributed by atoms with Gasteiger partial charge in [-0.1, -0.05) is 32.8 Å². The van der Waals surface area contributed by atoms with Crippen molar-refractivity contribution in [2.75, 3.05) is 6.54 Å². The van der Waals surface area contributed by atoms with Crippen molar-refractivity contribution in [3.8, 4) is 0 Å². The summed E-state index contributed by atoms with van der Waals surface area (Å²) < 4.78 is 0. The van der Waals surface area contributed by atoms with Gasteiger partial charge in [-0.3, -0.25) is 4.98 Å². The summed E-state index contributed by atoms with van der Waals surface area (Å²) in [6.07, 6.45) is 9.60. The molecule has 1 saturated carbocycles. The molecule has 2 nitrogen and oxygen atoms in total. The molecular formula is C16H26N2. The minimum absolute atomic E-state index is 0.158. The lowest BCUT2D eigenvalue weighted by molar-refractivity contribution is 0.00536. The molecule has 18 heavy (non-hydrogen) atoms. The standard InChI is InChI=1S/C16H26N2/c1-3-8-15(9-4-2)11-16(12-15,13-17)14-7-5-6-10-18-14/h5-7,10H,3-4,8-9,11-13,17H2,1-2H3. The van der Waals surface area contributed by atoms with E-state index in [2.05, 4.69) is 31.0 Å². The Bertz CT molecular complexity index is 358. The first-order valence-corrected chi connectivity index (χ1v) is 7.32. The molecule has 100 valence electrons. The molecule has 2 N–H and O–H groups in total. The summed E-state index contributed by atoms with van der Waals surface area (Å²) in [5.74, 6) is 0. The van der Waals surface area contributed by atoms with Crippen molar-refractivity contribution in [2.24, 2.45) is 11.1 Å². The first-order chi connectivity index (χ1) is 8.70. The largest absolute Gasteiger partial charge is 0.330 e. The molecule has 0 aromatic carbocycles. The van der Waals surface area contributed by atoms with E-state index in [4.69, 9.17) is 5.73 Å². The van der Waals surface area contributed by atoms with E-state index in [1.807, 2.05) is 12.3 Å². The van der Waals surface area contributed by atoms with E-state index in [0.717, 1.165) is 6.54 Å². The van der Waals surface area contributed by atoms with Crippen LogP contribution in [0.25, 0.3) is 0 Å². The fourth-order valence-corrected chi connectivity index (χ4v) is 4.03. The van der Waals surface area contributed by atoms with Crippen LogP contribution in [0.2, 0.25) is 0 Å². The van der Waals surface area contributed by atoms with Crippen LogP contribution in [0.1, 0.15) is 58.1 Å². The Morgan fingerprint density at radius 1 is 1.17 bits per heavy atom. The summed E-state index contributed by atoms with van der Waals surface area (Å²) in [4.78, 5) is 4.55. The maximum atomic E-state index is 6.07. The number of nitrogens with two attached hydrogens (primary N) is 1. The van der Waals surface area contributed by atoms with Crippen LogP contribution >= 0.6 is 0 Å². The molecule has 1 aliphatic rings. The number of hydrogen-bond donors (Lipinski definition) is 1. The van der Waals surface area contributed by atoms with E-state index >= 15 is 0 Å². The normalized spacial score (nSPS) is 20.4. The van der Waals surface area contributed by atoms with Gasteiger partial charge in [0, 0.05) is 23.9 Å². The molecule has 1 aliphatic carbocycles. The lowest BCUT2D eigenvalue weighted by Gasteiger charge is -2.56. The fourth-order valence-electron chi connectivity index (χ4n) is 4.03. The summed E-state index contributed by atoms with van der Waals surface area (Å²) >= 11 is 0. The molecule has 0 amide bonds. The molecule has 0 spiro atoms. The first kappa shape index (κ1) is 13.5. The summed E-state index contributed by atoms with van der Waals surface area (Å²) in [5.41, 5.74) is 7.98. The predicted molar refractivity (Wildman–Crippen MR) is 76.5 cm³/mol. The highest BCUT2D eigenvalue weighted by Gasteiger charge is 2.53. The van der Waals surface area contributed by atoms with Crippen molar-refractivity contribution in [2.45, 2.75) is 57.8 Å². The van der Waals surface area contributed by atoms with Crippen LogP contribution in [0, 0.1) is 5.41 Å². The highest BCUT2D eigenvalue weighted by molar-refractivity contribution is 5.25. The van der Waals surface area contributed by atoms with Crippen LogP contribution in [-0.4, -0.2) is 11.5 Å². The predicted octanol–water partition coefficient (Wildman–Crippen LogP) is 3.66. The maximum absolute atomic E-state index is 6.07. The smallest absolute Gasteiger partial charge is 0.0478 e. The molecule has 0 atom stereocenters. The Balaban J connectivity index is 2.15. The van der Waals surface area contributed by atoms with Crippen LogP contribution in [0.5, 0.6) is 0 Å². The van der Waals surface area contributed by atoms with E-state index < -0.39 is 0 Å². The number of hydrogen-bond acceptors (Lipinski definition) is 2. The van der Waals surface area contributed by atoms with Crippen LogP contribution < -0.4 is 5.73 Å². The number of nitrogens with zero attached hydrogens (tertiary/aromatic N) is 1. The van der Waals surface area contributed by atoms with Crippen molar-refractivity contribution < 1.29 is 0 Å². The highest BCUT2D eigenvalue weighted by atomic mass is 14.8. The van der Waals surface area contributed by atoms with E-state index in [-0.39, 0.29) is 5.41 Å². The van der Waals surface area contributed by atoms with E-state index in [9.17, 15) is 0 Å². The van der Waals surface area contributed by atoms with Gasteiger partial charge in [0.15, 0.2) is 0 Å². The zero-order chi connectivity index (χ0) is 13.1. The van der Waals surface area contributed by atoms with Crippen LogP contribution in [0.3, 0.4) is 0 Å². The molecule has 2 heteroatoms. The van der Waals surface area contributed by atoms with Crippen molar-refractivity contribution in [3.05, 3.63) is 30.1 Å². The summed E-state index contributed by atoms with van der Waals surface area (Å²) in [6, 6.07) is 6.21. The summed E-state index contributed by atoms with van der Waals surface area (Å²) in [5, 5.41) is 0. The molecule has 0 saturated heterocycles. The van der Waals surface area contributed by atoms with Gasteiger partial charge in [0.05, 0.1) is 0 Å². The minimum Gasteiger partial charge on any atom is -0.330 e. The summed E-state index contributed by atoms with van der Waals surface area (Å²) in [7, 11) is 0. The third-order valence-electron chi connectivity index (χ3n) is 4.59. The second kappa shape index (κ2) is 5.40. The van der Waals surface area contributed by atoms with Gasteiger partial charge in [0.2, 0.25) is 0 Å². The van der Waals surface area contributed by atoms with Gasteiger partial charge in [-0.25, -0.2) is 0 Å². The molecule has 0 bridgehead atoms. The SMILES string of the molecule is CCCC1(CCC)CC(CN)(c2ccccn2)C1. The van der Waals surface area contributed by atoms with Crippen molar-refractivity contribution in [3.63, 3.8) is 0 Å². The van der Waals surface area contributed by atoms with E-state index in [1.54, 1.807) is 0 Å².